The second-order valence-corrected chi connectivity index (χ2v) is 8.08. The topological polar surface area (TPSA) is 105 Å². The zero-order valence-corrected chi connectivity index (χ0v) is 18.2. The zero-order chi connectivity index (χ0) is 22.9. The van der Waals surface area contributed by atoms with E-state index in [0.29, 0.717) is 11.1 Å². The second-order valence-electron chi connectivity index (χ2n) is 8.08. The van der Waals surface area contributed by atoms with Gasteiger partial charge in [-0.1, -0.05) is 67.8 Å². The number of rotatable bonds is 8. The van der Waals surface area contributed by atoms with Crippen molar-refractivity contribution < 1.29 is 24.2 Å². The van der Waals surface area contributed by atoms with Crippen LogP contribution in [0.1, 0.15) is 54.1 Å². The van der Waals surface area contributed by atoms with Gasteiger partial charge >= 0.3 is 5.97 Å². The van der Waals surface area contributed by atoms with Crippen molar-refractivity contribution in [3.63, 3.8) is 0 Å². The minimum Gasteiger partial charge on any atom is -0.467 e. The lowest BCUT2D eigenvalue weighted by Gasteiger charge is -2.31. The van der Waals surface area contributed by atoms with Crippen molar-refractivity contribution in [3.8, 4) is 0 Å². The van der Waals surface area contributed by atoms with Gasteiger partial charge in [0.25, 0.3) is 11.8 Å². The SMILES string of the molecule is COC(=O)[C@@H](NC(=O)[C@H](O)[C@@H](NC(=O)c1ccccc1)c1ccccc1)C1CCCCC1. The molecule has 0 spiro atoms. The number of nitrogens with one attached hydrogen (secondary N) is 2. The minimum atomic E-state index is -1.60. The Bertz CT molecular complexity index is 897. The molecule has 1 fully saturated rings. The Morgan fingerprint density at radius 1 is 0.906 bits per heavy atom. The van der Waals surface area contributed by atoms with Crippen molar-refractivity contribution in [2.75, 3.05) is 7.11 Å². The summed E-state index contributed by atoms with van der Waals surface area (Å²) >= 11 is 0. The molecule has 3 N–H and O–H groups in total. The number of aliphatic hydroxyl groups is 1. The Labute approximate surface area is 188 Å². The van der Waals surface area contributed by atoms with E-state index in [1.807, 2.05) is 6.07 Å². The Hall–Kier alpha value is -3.19. The molecule has 0 heterocycles. The molecule has 7 heteroatoms. The van der Waals surface area contributed by atoms with E-state index in [1.165, 1.54) is 7.11 Å². The fourth-order valence-electron chi connectivity index (χ4n) is 4.17. The minimum absolute atomic E-state index is 0.0403. The van der Waals surface area contributed by atoms with Crippen LogP contribution in [-0.4, -0.2) is 42.1 Å². The molecule has 0 aromatic heterocycles. The van der Waals surface area contributed by atoms with E-state index >= 15 is 0 Å². The zero-order valence-electron chi connectivity index (χ0n) is 18.2. The molecule has 1 aliphatic carbocycles. The van der Waals surface area contributed by atoms with E-state index in [2.05, 4.69) is 10.6 Å². The molecule has 0 aliphatic heterocycles. The standard InChI is InChI=1S/C25H30N2O5/c1-32-25(31)21(18-13-7-3-8-14-18)27-24(30)22(28)20(17-11-5-2-6-12-17)26-23(29)19-15-9-4-10-16-19/h2,4-6,9-12,15-16,18,20-22,28H,3,7-8,13-14H2,1H3,(H,26,29)(H,27,30)/t20-,21-,22+/m0/s1. The summed E-state index contributed by atoms with van der Waals surface area (Å²) in [6.45, 7) is 0. The number of hydrogen-bond acceptors (Lipinski definition) is 5. The van der Waals surface area contributed by atoms with Crippen molar-refractivity contribution >= 4 is 17.8 Å². The first-order valence-electron chi connectivity index (χ1n) is 11.0. The normalized spacial score (nSPS) is 16.9. The fourth-order valence-corrected chi connectivity index (χ4v) is 4.17. The summed E-state index contributed by atoms with van der Waals surface area (Å²) in [7, 11) is 1.29. The number of hydrogen-bond donors (Lipinski definition) is 3. The molecular formula is C25H30N2O5. The first-order valence-corrected chi connectivity index (χ1v) is 11.0. The third-order valence-electron chi connectivity index (χ3n) is 5.94. The highest BCUT2D eigenvalue weighted by Crippen LogP contribution is 2.27. The Kier molecular flexibility index (Phi) is 8.39. The predicted molar refractivity (Wildman–Crippen MR) is 120 cm³/mol. The monoisotopic (exact) mass is 438 g/mol. The fraction of sp³-hybridized carbons (Fsp3) is 0.400. The van der Waals surface area contributed by atoms with Crippen LogP contribution in [0, 0.1) is 5.92 Å². The lowest BCUT2D eigenvalue weighted by atomic mass is 9.83. The Morgan fingerprint density at radius 2 is 1.50 bits per heavy atom. The molecule has 1 aliphatic rings. The summed E-state index contributed by atoms with van der Waals surface area (Å²) in [6, 6.07) is 15.5. The number of esters is 1. The molecule has 3 rings (SSSR count). The Morgan fingerprint density at radius 3 is 2.09 bits per heavy atom. The predicted octanol–water partition coefficient (Wildman–Crippen LogP) is 2.76. The highest BCUT2D eigenvalue weighted by Gasteiger charge is 2.36. The summed E-state index contributed by atoms with van der Waals surface area (Å²) in [4.78, 5) is 38.2. The summed E-state index contributed by atoms with van der Waals surface area (Å²) in [5, 5.41) is 16.4. The van der Waals surface area contributed by atoms with E-state index in [-0.39, 0.29) is 5.92 Å². The van der Waals surface area contributed by atoms with Gasteiger partial charge in [0.2, 0.25) is 0 Å². The van der Waals surface area contributed by atoms with E-state index < -0.39 is 36.0 Å². The summed E-state index contributed by atoms with van der Waals surface area (Å²) in [5.41, 5.74) is 0.988. The third kappa shape index (κ3) is 5.95. The van der Waals surface area contributed by atoms with Gasteiger partial charge in [0, 0.05) is 5.56 Å². The van der Waals surface area contributed by atoms with Gasteiger partial charge in [0.05, 0.1) is 13.2 Å². The maximum atomic E-state index is 13.0. The van der Waals surface area contributed by atoms with Gasteiger partial charge in [0.1, 0.15) is 6.04 Å². The lowest BCUT2D eigenvalue weighted by molar-refractivity contribution is -0.148. The van der Waals surface area contributed by atoms with Gasteiger partial charge < -0.3 is 20.5 Å². The molecule has 170 valence electrons. The number of carbonyl (C=O) groups excluding carboxylic acids is 3. The molecule has 32 heavy (non-hydrogen) atoms. The first kappa shape index (κ1) is 23.5. The largest absolute Gasteiger partial charge is 0.467 e. The molecule has 0 saturated heterocycles. The van der Waals surface area contributed by atoms with Gasteiger partial charge in [-0.3, -0.25) is 9.59 Å². The summed E-state index contributed by atoms with van der Waals surface area (Å²) in [6.07, 6.45) is 3.09. The van der Waals surface area contributed by atoms with Crippen molar-refractivity contribution in [2.45, 2.75) is 50.3 Å². The molecule has 3 atom stereocenters. The molecule has 0 bridgehead atoms. The quantitative estimate of drug-likeness (QED) is 0.550. The van der Waals surface area contributed by atoms with Crippen LogP contribution >= 0.6 is 0 Å². The van der Waals surface area contributed by atoms with Crippen LogP contribution < -0.4 is 10.6 Å². The van der Waals surface area contributed by atoms with E-state index in [4.69, 9.17) is 4.74 Å². The number of amides is 2. The smallest absolute Gasteiger partial charge is 0.328 e. The highest BCUT2D eigenvalue weighted by atomic mass is 16.5. The summed E-state index contributed by atoms with van der Waals surface area (Å²) < 4.78 is 4.91. The number of aliphatic hydroxyl groups excluding tert-OH is 1. The van der Waals surface area contributed by atoms with E-state index in [1.54, 1.807) is 54.6 Å². The van der Waals surface area contributed by atoms with E-state index in [9.17, 15) is 19.5 Å². The van der Waals surface area contributed by atoms with Crippen molar-refractivity contribution in [1.29, 1.82) is 0 Å². The third-order valence-corrected chi connectivity index (χ3v) is 5.94. The van der Waals surface area contributed by atoms with Gasteiger partial charge in [-0.05, 0) is 36.5 Å². The van der Waals surface area contributed by atoms with Crippen molar-refractivity contribution in [1.82, 2.24) is 10.6 Å². The average molecular weight is 439 g/mol. The lowest BCUT2D eigenvalue weighted by Crippen LogP contribution is -2.53. The maximum absolute atomic E-state index is 13.0. The number of ether oxygens (including phenoxy) is 1. The van der Waals surface area contributed by atoms with Gasteiger partial charge in [-0.15, -0.1) is 0 Å². The maximum Gasteiger partial charge on any atom is 0.328 e. The molecule has 1 saturated carbocycles. The second kappa shape index (κ2) is 11.4. The van der Waals surface area contributed by atoms with Crippen LogP contribution in [0.2, 0.25) is 0 Å². The van der Waals surface area contributed by atoms with Crippen LogP contribution in [-0.2, 0) is 14.3 Å². The average Bonchev–Trinajstić information content (AvgIpc) is 2.86. The molecule has 2 aromatic rings. The van der Waals surface area contributed by atoms with Crippen LogP contribution in [0.25, 0.3) is 0 Å². The molecule has 0 radical (unpaired) electrons. The molecule has 2 amide bonds. The van der Waals surface area contributed by atoms with E-state index in [0.717, 1.165) is 32.1 Å². The first-order chi connectivity index (χ1) is 15.5. The molecule has 0 unspecified atom stereocenters. The van der Waals surface area contributed by atoms with Gasteiger partial charge in [0.15, 0.2) is 6.10 Å². The molecular weight excluding hydrogens is 408 g/mol. The van der Waals surface area contributed by atoms with Crippen molar-refractivity contribution in [2.24, 2.45) is 5.92 Å². The van der Waals surface area contributed by atoms with Crippen molar-refractivity contribution in [3.05, 3.63) is 71.8 Å². The Balaban J connectivity index is 1.79. The van der Waals surface area contributed by atoms with Crippen LogP contribution in [0.15, 0.2) is 60.7 Å². The number of benzene rings is 2. The van der Waals surface area contributed by atoms with Gasteiger partial charge in [-0.25, -0.2) is 4.79 Å². The molecule has 2 aromatic carbocycles. The van der Waals surface area contributed by atoms with Crippen LogP contribution in [0.5, 0.6) is 0 Å². The molecule has 7 nitrogen and oxygen atoms in total. The van der Waals surface area contributed by atoms with Crippen LogP contribution in [0.3, 0.4) is 0 Å². The number of carbonyl (C=O) groups is 3. The van der Waals surface area contributed by atoms with Crippen LogP contribution in [0.4, 0.5) is 0 Å². The summed E-state index contributed by atoms with van der Waals surface area (Å²) in [5.74, 6) is -1.71. The highest BCUT2D eigenvalue weighted by molar-refractivity contribution is 5.95. The number of methoxy groups -OCH3 is 1. The van der Waals surface area contributed by atoms with Gasteiger partial charge in [-0.2, -0.15) is 0 Å².